The van der Waals surface area contributed by atoms with E-state index < -0.39 is 0 Å². The first-order valence-electron chi connectivity index (χ1n) is 16.3. The van der Waals surface area contributed by atoms with Crippen molar-refractivity contribution in [3.05, 3.63) is 101 Å². The van der Waals surface area contributed by atoms with E-state index in [1.165, 1.54) is 0 Å². The van der Waals surface area contributed by atoms with Crippen molar-refractivity contribution < 1.29 is 23.7 Å². The number of fused-ring (bicyclic) bond motifs is 3. The van der Waals surface area contributed by atoms with Gasteiger partial charge in [0.1, 0.15) is 34.9 Å². The Morgan fingerprint density at radius 1 is 0.958 bits per heavy atom. The van der Waals surface area contributed by atoms with E-state index >= 15 is 0 Å². The number of methoxy groups -OCH3 is 2. The summed E-state index contributed by atoms with van der Waals surface area (Å²) in [5.41, 5.74) is 5.87. The van der Waals surface area contributed by atoms with E-state index in [1.54, 1.807) is 37.7 Å². The third-order valence-corrected chi connectivity index (χ3v) is 8.99. The molecule has 5 aromatic rings. The fourth-order valence-electron chi connectivity index (χ4n) is 6.04. The van der Waals surface area contributed by atoms with Crippen molar-refractivity contribution in [3.63, 3.8) is 0 Å². The Bertz CT molecular complexity index is 1990. The van der Waals surface area contributed by atoms with Crippen LogP contribution in [0.15, 0.2) is 67.1 Å². The Morgan fingerprint density at radius 3 is 2.56 bits per heavy atom. The summed E-state index contributed by atoms with van der Waals surface area (Å²) in [4.78, 5) is 34.5. The normalized spacial score (nSPS) is 15.2. The van der Waals surface area contributed by atoms with Gasteiger partial charge >= 0.3 is 0 Å². The molecule has 8 rings (SSSR count). The molecule has 48 heavy (non-hydrogen) atoms. The third kappa shape index (κ3) is 6.09. The van der Waals surface area contributed by atoms with Crippen LogP contribution in [0.4, 0.5) is 11.5 Å². The summed E-state index contributed by atoms with van der Waals surface area (Å²) >= 11 is 0. The first-order valence-corrected chi connectivity index (χ1v) is 16.3. The Labute approximate surface area is 278 Å². The molecule has 4 heterocycles. The molecule has 3 aliphatic rings. The van der Waals surface area contributed by atoms with Gasteiger partial charge in [0, 0.05) is 53.6 Å². The van der Waals surface area contributed by atoms with Crippen LogP contribution in [0.3, 0.4) is 0 Å². The van der Waals surface area contributed by atoms with E-state index in [9.17, 15) is 4.79 Å². The maximum atomic E-state index is 14.2. The van der Waals surface area contributed by atoms with Gasteiger partial charge in [-0.05, 0) is 67.1 Å². The molecule has 0 radical (unpaired) electrons. The number of amides is 1. The van der Waals surface area contributed by atoms with E-state index in [0.717, 1.165) is 82.0 Å². The zero-order valence-corrected chi connectivity index (χ0v) is 26.9. The van der Waals surface area contributed by atoms with Crippen LogP contribution < -0.4 is 24.4 Å². The molecule has 244 valence electrons. The quantitative estimate of drug-likeness (QED) is 0.165. The molecule has 11 heteroatoms. The second-order valence-electron chi connectivity index (χ2n) is 12.4. The predicted octanol–water partition coefficient (Wildman–Crippen LogP) is 6.34. The van der Waals surface area contributed by atoms with Gasteiger partial charge in [-0.3, -0.25) is 9.69 Å². The number of nitrogens with zero attached hydrogens (tertiary/aromatic N) is 5. The van der Waals surface area contributed by atoms with Gasteiger partial charge in [0.15, 0.2) is 0 Å². The topological polar surface area (TPSA) is 121 Å². The van der Waals surface area contributed by atoms with E-state index in [-0.39, 0.29) is 18.6 Å². The molecular formula is C37H36N6O5. The number of anilines is 2. The van der Waals surface area contributed by atoms with Gasteiger partial charge in [0.2, 0.25) is 5.88 Å². The maximum Gasteiger partial charge on any atom is 0.261 e. The molecule has 0 unspecified atom stereocenters. The summed E-state index contributed by atoms with van der Waals surface area (Å²) in [7, 11) is 3.28. The van der Waals surface area contributed by atoms with Gasteiger partial charge in [-0.1, -0.05) is 12.1 Å². The molecule has 0 bridgehead atoms. The van der Waals surface area contributed by atoms with Gasteiger partial charge in [-0.25, -0.2) is 19.9 Å². The highest BCUT2D eigenvalue weighted by Gasteiger charge is 2.30. The Morgan fingerprint density at radius 2 is 1.79 bits per heavy atom. The molecule has 1 aliphatic heterocycles. The molecular weight excluding hydrogens is 608 g/mol. The number of aromatic nitrogens is 4. The van der Waals surface area contributed by atoms with Gasteiger partial charge in [0.25, 0.3) is 5.91 Å². The van der Waals surface area contributed by atoms with E-state index in [4.69, 9.17) is 23.9 Å². The number of carbonyl (C=O) groups is 1. The fourth-order valence-corrected chi connectivity index (χ4v) is 6.04. The molecule has 0 saturated heterocycles. The zero-order chi connectivity index (χ0) is 32.6. The van der Waals surface area contributed by atoms with Crippen molar-refractivity contribution in [3.8, 4) is 17.4 Å². The molecule has 1 amide bonds. The van der Waals surface area contributed by atoms with Crippen molar-refractivity contribution in [2.45, 2.75) is 64.0 Å². The van der Waals surface area contributed by atoms with Gasteiger partial charge in [0.05, 0.1) is 45.1 Å². The number of benzene rings is 2. The van der Waals surface area contributed by atoms with Crippen molar-refractivity contribution in [1.29, 1.82) is 0 Å². The van der Waals surface area contributed by atoms with Crippen LogP contribution in [0.2, 0.25) is 0 Å². The lowest BCUT2D eigenvalue weighted by Gasteiger charge is -2.25. The molecule has 2 saturated carbocycles. The number of carbonyl (C=O) groups excluding carboxylic acids is 1. The highest BCUT2D eigenvalue weighted by Crippen LogP contribution is 2.39. The van der Waals surface area contributed by atoms with Crippen molar-refractivity contribution >= 4 is 28.3 Å². The Kier molecular flexibility index (Phi) is 7.97. The Balaban J connectivity index is 1.12. The average molecular weight is 645 g/mol. The van der Waals surface area contributed by atoms with Gasteiger partial charge in [-0.15, -0.1) is 0 Å². The number of rotatable bonds is 12. The first-order chi connectivity index (χ1) is 23.6. The highest BCUT2D eigenvalue weighted by atomic mass is 16.5. The number of pyridine rings is 2. The average Bonchev–Trinajstić information content (AvgIpc) is 4.08. The van der Waals surface area contributed by atoms with Crippen LogP contribution in [0.5, 0.6) is 17.4 Å². The molecule has 1 N–H and O–H groups in total. The van der Waals surface area contributed by atoms with Gasteiger partial charge in [-0.2, -0.15) is 0 Å². The molecule has 2 aliphatic carbocycles. The molecule has 3 aromatic heterocycles. The largest absolute Gasteiger partial charge is 0.497 e. The maximum absolute atomic E-state index is 14.2. The number of hydrogen-bond acceptors (Lipinski definition) is 10. The molecule has 0 spiro atoms. The van der Waals surface area contributed by atoms with Crippen LogP contribution >= 0.6 is 0 Å². The van der Waals surface area contributed by atoms with E-state index in [1.807, 2.05) is 42.5 Å². The molecule has 2 aromatic carbocycles. The minimum Gasteiger partial charge on any atom is -0.497 e. The van der Waals surface area contributed by atoms with Crippen LogP contribution in [-0.4, -0.2) is 46.2 Å². The first kappa shape index (κ1) is 30.1. The summed E-state index contributed by atoms with van der Waals surface area (Å²) in [6.45, 7) is 1.77. The van der Waals surface area contributed by atoms with Crippen molar-refractivity contribution in [2.24, 2.45) is 0 Å². The lowest BCUT2D eigenvalue weighted by Crippen LogP contribution is -2.31. The summed E-state index contributed by atoms with van der Waals surface area (Å²) in [6.07, 6.45) is 9.22. The minimum atomic E-state index is -0.225. The summed E-state index contributed by atoms with van der Waals surface area (Å²) < 4.78 is 23.0. The highest BCUT2D eigenvalue weighted by molar-refractivity contribution is 6.06. The number of hydrogen-bond donors (Lipinski definition) is 1. The van der Waals surface area contributed by atoms with Crippen molar-refractivity contribution in [1.82, 2.24) is 19.9 Å². The summed E-state index contributed by atoms with van der Waals surface area (Å²) in [6, 6.07) is 15.6. The monoisotopic (exact) mass is 644 g/mol. The van der Waals surface area contributed by atoms with Crippen molar-refractivity contribution in [2.75, 3.05) is 24.4 Å². The lowest BCUT2D eigenvalue weighted by molar-refractivity contribution is 0.0983. The Hall–Kier alpha value is -5.29. The number of ether oxygens (including phenoxy) is 4. The van der Waals surface area contributed by atoms with Gasteiger partial charge < -0.3 is 24.3 Å². The summed E-state index contributed by atoms with van der Waals surface area (Å²) in [5.74, 6) is 3.64. The predicted molar refractivity (Wildman–Crippen MR) is 180 cm³/mol. The number of nitrogens with one attached hydrogen (secondary N) is 1. The standard InChI is InChI=1S/C37H36N6O5/c1-45-27-9-8-24(33(15-27)46-2)16-41-35-30-21-47-20-29(30)28-12-5-22(14-31(28)42-35)19-43(32-4-3-13-38-36(32)48-26-10-11-26)37(44)25-17-39-34(40-18-25)23-6-7-23/h3-5,8-9,12-15,17-18,23,26H,6-7,10-11,16,19-21H2,1-2H3,(H,41,42). The SMILES string of the molecule is COc1ccc(CNc2nc3cc(CN(C(=O)c4cnc(C5CC5)nc4)c4cccnc4OC4CC4)ccc3c3c2COC3)c(OC)c1. The second kappa shape index (κ2) is 12.7. The second-order valence-corrected chi connectivity index (χ2v) is 12.4. The zero-order valence-electron chi connectivity index (χ0n) is 26.9. The molecule has 0 atom stereocenters. The molecule has 2 fully saturated rings. The van der Waals surface area contributed by atoms with Crippen LogP contribution in [-0.2, 0) is 31.0 Å². The van der Waals surface area contributed by atoms with Crippen LogP contribution in [0, 0.1) is 0 Å². The summed E-state index contributed by atoms with van der Waals surface area (Å²) in [5, 5.41) is 4.55. The van der Waals surface area contributed by atoms with E-state index in [0.29, 0.717) is 42.8 Å². The fraction of sp³-hybridized carbons (Fsp3) is 0.324. The third-order valence-electron chi connectivity index (χ3n) is 8.99. The minimum absolute atomic E-state index is 0.120. The van der Waals surface area contributed by atoms with E-state index in [2.05, 4.69) is 26.3 Å². The van der Waals surface area contributed by atoms with Crippen LogP contribution in [0.1, 0.15) is 70.0 Å². The molecule has 11 nitrogen and oxygen atoms in total. The van der Waals surface area contributed by atoms with Crippen LogP contribution in [0.25, 0.3) is 10.9 Å². The lowest BCUT2D eigenvalue weighted by atomic mass is 10.0. The smallest absolute Gasteiger partial charge is 0.261 e.